The molecular weight excluding hydrogens is 368 g/mol. The monoisotopic (exact) mass is 384 g/mol. The Morgan fingerprint density at radius 1 is 1.04 bits per heavy atom. The normalized spacial score (nSPS) is 11.3. The first kappa shape index (κ1) is 18.5. The van der Waals surface area contributed by atoms with Gasteiger partial charge in [-0.3, -0.25) is 14.9 Å². The SMILES string of the molecule is CCc1cn(S(=O)(=O)c2ccccc2)cc1C(=O)c1ccc([N+](=O)[O-])cc1. The van der Waals surface area contributed by atoms with E-state index in [1.165, 1.54) is 48.8 Å². The van der Waals surface area contributed by atoms with Crippen LogP contribution < -0.4 is 0 Å². The first-order chi connectivity index (χ1) is 12.8. The van der Waals surface area contributed by atoms with E-state index >= 15 is 0 Å². The lowest BCUT2D eigenvalue weighted by Gasteiger charge is -2.04. The molecule has 1 aromatic heterocycles. The Labute approximate surface area is 156 Å². The standard InChI is InChI=1S/C19H16N2O5S/c1-2-14-12-20(27(25,26)17-6-4-3-5-7-17)13-18(14)19(22)15-8-10-16(11-9-15)21(23)24/h3-13H,2H2,1H3. The third kappa shape index (κ3) is 3.52. The van der Waals surface area contributed by atoms with Crippen LogP contribution in [0.3, 0.4) is 0 Å². The van der Waals surface area contributed by atoms with Crippen molar-refractivity contribution in [3.8, 4) is 0 Å². The molecule has 0 aliphatic rings. The third-order valence-corrected chi connectivity index (χ3v) is 5.80. The van der Waals surface area contributed by atoms with Crippen molar-refractivity contribution in [3.63, 3.8) is 0 Å². The Kier molecular flexibility index (Phi) is 4.91. The second-order valence-electron chi connectivity index (χ2n) is 5.83. The van der Waals surface area contributed by atoms with Crippen LogP contribution in [0.15, 0.2) is 71.9 Å². The van der Waals surface area contributed by atoms with E-state index in [9.17, 15) is 23.3 Å². The minimum atomic E-state index is -3.81. The van der Waals surface area contributed by atoms with E-state index in [0.717, 1.165) is 3.97 Å². The number of nitro benzene ring substituents is 1. The van der Waals surface area contributed by atoms with Crippen molar-refractivity contribution in [3.05, 3.63) is 93.8 Å². The summed E-state index contributed by atoms with van der Waals surface area (Å²) in [4.78, 5) is 23.1. The molecule has 0 saturated heterocycles. The van der Waals surface area contributed by atoms with E-state index in [4.69, 9.17) is 0 Å². The predicted molar refractivity (Wildman–Crippen MR) is 99.4 cm³/mol. The van der Waals surface area contributed by atoms with Crippen LogP contribution in [0.2, 0.25) is 0 Å². The summed E-state index contributed by atoms with van der Waals surface area (Å²) in [6, 6.07) is 13.2. The number of carbonyl (C=O) groups excluding carboxylic acids is 1. The van der Waals surface area contributed by atoms with Gasteiger partial charge in [0.25, 0.3) is 15.7 Å². The summed E-state index contributed by atoms with van der Waals surface area (Å²) in [6.07, 6.45) is 3.19. The van der Waals surface area contributed by atoms with Crippen LogP contribution in [0.25, 0.3) is 0 Å². The number of hydrogen-bond donors (Lipinski definition) is 0. The van der Waals surface area contributed by atoms with Gasteiger partial charge in [-0.25, -0.2) is 12.4 Å². The number of rotatable bonds is 6. The number of non-ortho nitro benzene ring substituents is 1. The van der Waals surface area contributed by atoms with Gasteiger partial charge in [-0.05, 0) is 36.2 Å². The molecule has 138 valence electrons. The van der Waals surface area contributed by atoms with Crippen LogP contribution in [0.4, 0.5) is 5.69 Å². The lowest BCUT2D eigenvalue weighted by Crippen LogP contribution is -2.11. The summed E-state index contributed by atoms with van der Waals surface area (Å²) in [5.74, 6) is -0.385. The van der Waals surface area contributed by atoms with Gasteiger partial charge in [0.05, 0.1) is 9.82 Å². The minimum absolute atomic E-state index is 0.119. The number of ketones is 1. The molecule has 0 amide bonds. The van der Waals surface area contributed by atoms with Crippen LogP contribution in [-0.2, 0) is 16.4 Å². The first-order valence-electron chi connectivity index (χ1n) is 8.15. The molecule has 7 nitrogen and oxygen atoms in total. The van der Waals surface area contributed by atoms with Gasteiger partial charge in [-0.2, -0.15) is 0 Å². The molecule has 27 heavy (non-hydrogen) atoms. The van der Waals surface area contributed by atoms with Crippen molar-refractivity contribution in [1.82, 2.24) is 3.97 Å². The topological polar surface area (TPSA) is 99.3 Å². The van der Waals surface area contributed by atoms with Crippen molar-refractivity contribution >= 4 is 21.5 Å². The molecular formula is C19H16N2O5S. The molecule has 0 unspecified atom stereocenters. The average Bonchev–Trinajstić information content (AvgIpc) is 3.13. The van der Waals surface area contributed by atoms with E-state index in [1.54, 1.807) is 18.2 Å². The Morgan fingerprint density at radius 3 is 2.22 bits per heavy atom. The van der Waals surface area contributed by atoms with Gasteiger partial charge in [0, 0.05) is 35.7 Å². The van der Waals surface area contributed by atoms with Crippen molar-refractivity contribution in [2.45, 2.75) is 18.2 Å². The summed E-state index contributed by atoms with van der Waals surface area (Å²) >= 11 is 0. The van der Waals surface area contributed by atoms with Gasteiger partial charge >= 0.3 is 0 Å². The van der Waals surface area contributed by atoms with Gasteiger partial charge in [0.1, 0.15) is 0 Å². The zero-order chi connectivity index (χ0) is 19.6. The molecule has 3 rings (SSSR count). The summed E-state index contributed by atoms with van der Waals surface area (Å²) in [7, 11) is -3.81. The number of benzene rings is 2. The molecule has 1 heterocycles. The Morgan fingerprint density at radius 2 is 1.67 bits per heavy atom. The number of nitrogens with zero attached hydrogens (tertiary/aromatic N) is 2. The molecule has 0 aliphatic carbocycles. The maximum absolute atomic E-state index is 12.8. The lowest BCUT2D eigenvalue weighted by atomic mass is 10.0. The number of aryl methyl sites for hydroxylation is 1. The van der Waals surface area contributed by atoms with Gasteiger partial charge in [0.15, 0.2) is 5.78 Å². The molecule has 0 radical (unpaired) electrons. The Hall–Kier alpha value is -3.26. The van der Waals surface area contributed by atoms with Gasteiger partial charge in [-0.15, -0.1) is 0 Å². The third-order valence-electron chi connectivity index (χ3n) is 4.17. The van der Waals surface area contributed by atoms with Gasteiger partial charge in [0.2, 0.25) is 0 Å². The smallest absolute Gasteiger partial charge is 0.269 e. The van der Waals surface area contributed by atoms with Crippen molar-refractivity contribution in [1.29, 1.82) is 0 Å². The summed E-state index contributed by atoms with van der Waals surface area (Å²) in [5.41, 5.74) is 0.973. The molecule has 0 spiro atoms. The van der Waals surface area contributed by atoms with Crippen molar-refractivity contribution in [2.75, 3.05) is 0 Å². The van der Waals surface area contributed by atoms with Crippen LogP contribution in [0, 0.1) is 10.1 Å². The average molecular weight is 384 g/mol. The largest absolute Gasteiger partial charge is 0.289 e. The fraction of sp³-hybridized carbons (Fsp3) is 0.105. The number of hydrogen-bond acceptors (Lipinski definition) is 5. The maximum atomic E-state index is 12.8. The highest BCUT2D eigenvalue weighted by molar-refractivity contribution is 7.90. The molecule has 0 N–H and O–H groups in total. The Balaban J connectivity index is 2.02. The molecule has 8 heteroatoms. The molecule has 3 aromatic rings. The minimum Gasteiger partial charge on any atom is -0.289 e. The molecule has 0 fully saturated rings. The van der Waals surface area contributed by atoms with Crippen molar-refractivity contribution in [2.24, 2.45) is 0 Å². The van der Waals surface area contributed by atoms with Crippen LogP contribution in [0.1, 0.15) is 28.4 Å². The predicted octanol–water partition coefficient (Wildman–Crippen LogP) is 3.43. The second kappa shape index (κ2) is 7.16. The van der Waals surface area contributed by atoms with E-state index in [2.05, 4.69) is 0 Å². The Bertz CT molecular complexity index is 1100. The number of aromatic nitrogens is 1. The summed E-state index contributed by atoms with van der Waals surface area (Å²) in [5, 5.41) is 10.8. The first-order valence-corrected chi connectivity index (χ1v) is 9.59. The van der Waals surface area contributed by atoms with E-state index in [-0.39, 0.29) is 27.5 Å². The molecule has 0 saturated carbocycles. The fourth-order valence-electron chi connectivity index (χ4n) is 2.70. The zero-order valence-corrected chi connectivity index (χ0v) is 15.2. The number of nitro groups is 1. The molecule has 0 aliphatic heterocycles. The highest BCUT2D eigenvalue weighted by Gasteiger charge is 2.22. The van der Waals surface area contributed by atoms with E-state index in [1.807, 2.05) is 6.92 Å². The molecule has 2 aromatic carbocycles. The lowest BCUT2D eigenvalue weighted by molar-refractivity contribution is -0.384. The quantitative estimate of drug-likeness (QED) is 0.368. The van der Waals surface area contributed by atoms with Crippen LogP contribution in [0.5, 0.6) is 0 Å². The molecule has 0 atom stereocenters. The highest BCUT2D eigenvalue weighted by atomic mass is 32.2. The van der Waals surface area contributed by atoms with Crippen molar-refractivity contribution < 1.29 is 18.1 Å². The summed E-state index contributed by atoms with van der Waals surface area (Å²) < 4.78 is 26.6. The molecule has 0 bridgehead atoms. The van der Waals surface area contributed by atoms with Crippen LogP contribution >= 0.6 is 0 Å². The van der Waals surface area contributed by atoms with E-state index < -0.39 is 14.9 Å². The highest BCUT2D eigenvalue weighted by Crippen LogP contribution is 2.22. The second-order valence-corrected chi connectivity index (χ2v) is 7.67. The van der Waals surface area contributed by atoms with Crippen LogP contribution in [-0.4, -0.2) is 23.1 Å². The van der Waals surface area contributed by atoms with Gasteiger partial charge < -0.3 is 0 Å². The zero-order valence-electron chi connectivity index (χ0n) is 14.4. The fourth-order valence-corrected chi connectivity index (χ4v) is 3.95. The summed E-state index contributed by atoms with van der Waals surface area (Å²) in [6.45, 7) is 1.82. The maximum Gasteiger partial charge on any atom is 0.269 e. The van der Waals surface area contributed by atoms with Gasteiger partial charge in [-0.1, -0.05) is 25.1 Å². The van der Waals surface area contributed by atoms with E-state index in [0.29, 0.717) is 12.0 Å². The number of carbonyl (C=O) groups is 1.